The Balaban J connectivity index is 1.35. The number of nitrogens with zero attached hydrogens (tertiary/aromatic N) is 4. The number of carbonyl (C=O) groups excluding carboxylic acids is 1. The molecule has 0 radical (unpaired) electrons. The highest BCUT2D eigenvalue weighted by atomic mass is 32.1. The first kappa shape index (κ1) is 19.5. The normalized spacial score (nSPS) is 19.2. The van der Waals surface area contributed by atoms with Crippen molar-refractivity contribution in [1.29, 1.82) is 0 Å². The number of thiophene rings is 1. The van der Waals surface area contributed by atoms with Crippen molar-refractivity contribution >= 4 is 28.1 Å². The van der Waals surface area contributed by atoms with Crippen molar-refractivity contribution in [2.75, 3.05) is 23.3 Å². The summed E-state index contributed by atoms with van der Waals surface area (Å²) < 4.78 is 5.80. The number of anilines is 2. The van der Waals surface area contributed by atoms with E-state index < -0.39 is 0 Å². The van der Waals surface area contributed by atoms with Crippen molar-refractivity contribution in [2.24, 2.45) is 0 Å². The average Bonchev–Trinajstić information content (AvgIpc) is 3.17. The van der Waals surface area contributed by atoms with E-state index in [1.807, 2.05) is 12.1 Å². The maximum atomic E-state index is 12.4. The number of amides is 1. The van der Waals surface area contributed by atoms with Gasteiger partial charge < -0.3 is 15.0 Å². The number of rotatable bonds is 5. The van der Waals surface area contributed by atoms with Crippen molar-refractivity contribution in [3.63, 3.8) is 0 Å². The molecule has 1 saturated heterocycles. The van der Waals surface area contributed by atoms with Crippen LogP contribution in [0, 0.1) is 0 Å². The van der Waals surface area contributed by atoms with Crippen molar-refractivity contribution in [1.82, 2.24) is 15.0 Å². The van der Waals surface area contributed by atoms with Crippen LogP contribution in [0.2, 0.25) is 0 Å². The van der Waals surface area contributed by atoms with Gasteiger partial charge in [-0.25, -0.2) is 4.98 Å². The molecule has 0 saturated carbocycles. The molecular formula is C21H23N5O2S. The SMILES string of the molecule is CC1CN(c2ccc(CC(=O)Nc3ccc(-c4cnccn4)cn3)s2)CC(C)O1. The third-order valence-electron chi connectivity index (χ3n) is 4.60. The zero-order valence-electron chi connectivity index (χ0n) is 16.4. The maximum absolute atomic E-state index is 12.4. The molecule has 1 aliphatic rings. The van der Waals surface area contributed by atoms with Gasteiger partial charge in [-0.15, -0.1) is 11.3 Å². The summed E-state index contributed by atoms with van der Waals surface area (Å²) in [6, 6.07) is 7.76. The molecule has 4 heterocycles. The molecule has 0 aliphatic carbocycles. The highest BCUT2D eigenvalue weighted by molar-refractivity contribution is 7.16. The van der Waals surface area contributed by atoms with E-state index in [1.165, 1.54) is 5.00 Å². The van der Waals surface area contributed by atoms with Crippen LogP contribution in [0.5, 0.6) is 0 Å². The lowest BCUT2D eigenvalue weighted by Gasteiger charge is -2.35. The largest absolute Gasteiger partial charge is 0.372 e. The molecule has 7 nitrogen and oxygen atoms in total. The topological polar surface area (TPSA) is 80.2 Å². The predicted molar refractivity (Wildman–Crippen MR) is 114 cm³/mol. The standard InChI is InChI=1S/C21H23N5O2S/c1-14-12-26(13-15(2)28-14)21-6-4-17(29-21)9-20(27)25-19-5-3-16(10-24-19)18-11-22-7-8-23-18/h3-8,10-11,14-15H,9,12-13H2,1-2H3,(H,24,25,27). The second-order valence-corrected chi connectivity index (χ2v) is 8.30. The van der Waals surface area contributed by atoms with Crippen molar-refractivity contribution < 1.29 is 9.53 Å². The zero-order valence-corrected chi connectivity index (χ0v) is 17.2. The van der Waals surface area contributed by atoms with E-state index in [-0.39, 0.29) is 18.1 Å². The lowest BCUT2D eigenvalue weighted by molar-refractivity contribution is -0.115. The van der Waals surface area contributed by atoms with Crippen molar-refractivity contribution in [3.8, 4) is 11.3 Å². The van der Waals surface area contributed by atoms with Crippen LogP contribution in [0.15, 0.2) is 49.1 Å². The van der Waals surface area contributed by atoms with E-state index in [2.05, 4.69) is 45.1 Å². The second-order valence-electron chi connectivity index (χ2n) is 7.15. The Labute approximate surface area is 173 Å². The predicted octanol–water partition coefficient (Wildman–Crippen LogP) is 3.39. The van der Waals surface area contributed by atoms with E-state index >= 15 is 0 Å². The first-order valence-electron chi connectivity index (χ1n) is 9.58. The molecule has 1 aliphatic heterocycles. The van der Waals surface area contributed by atoms with Gasteiger partial charge in [0.1, 0.15) is 5.82 Å². The fourth-order valence-corrected chi connectivity index (χ4v) is 4.42. The minimum Gasteiger partial charge on any atom is -0.372 e. The summed E-state index contributed by atoms with van der Waals surface area (Å²) in [5, 5.41) is 4.04. The molecule has 150 valence electrons. The van der Waals surface area contributed by atoms with Gasteiger partial charge >= 0.3 is 0 Å². The lowest BCUT2D eigenvalue weighted by Crippen LogP contribution is -2.45. The summed E-state index contributed by atoms with van der Waals surface area (Å²) in [6.07, 6.45) is 7.38. The molecule has 8 heteroatoms. The number of nitrogens with one attached hydrogen (secondary N) is 1. The van der Waals surface area contributed by atoms with E-state index in [0.29, 0.717) is 12.2 Å². The fourth-order valence-electron chi connectivity index (χ4n) is 3.40. The van der Waals surface area contributed by atoms with E-state index in [9.17, 15) is 4.79 Å². The quantitative estimate of drug-likeness (QED) is 0.696. The van der Waals surface area contributed by atoms with E-state index in [1.54, 1.807) is 42.2 Å². The first-order chi connectivity index (χ1) is 14.1. The molecule has 2 unspecified atom stereocenters. The molecule has 1 N–H and O–H groups in total. The molecule has 0 spiro atoms. The Morgan fingerprint density at radius 3 is 2.66 bits per heavy atom. The molecule has 2 atom stereocenters. The van der Waals surface area contributed by atoms with E-state index in [0.717, 1.165) is 29.2 Å². The minimum absolute atomic E-state index is 0.0816. The molecule has 3 aromatic rings. The van der Waals surface area contributed by atoms with Crippen molar-refractivity contribution in [3.05, 3.63) is 53.9 Å². The van der Waals surface area contributed by atoms with Crippen molar-refractivity contribution in [2.45, 2.75) is 32.5 Å². The molecule has 29 heavy (non-hydrogen) atoms. The highest BCUT2D eigenvalue weighted by Crippen LogP contribution is 2.29. The second kappa shape index (κ2) is 8.67. The van der Waals surface area contributed by atoms with Crippen LogP contribution >= 0.6 is 11.3 Å². The van der Waals surface area contributed by atoms with Crippen LogP contribution < -0.4 is 10.2 Å². The number of aromatic nitrogens is 3. The van der Waals surface area contributed by atoms with Gasteiger partial charge in [0.15, 0.2) is 0 Å². The summed E-state index contributed by atoms with van der Waals surface area (Å²) in [6.45, 7) is 5.93. The molecule has 0 bridgehead atoms. The molecule has 4 rings (SSSR count). The number of hydrogen-bond donors (Lipinski definition) is 1. The van der Waals surface area contributed by atoms with Gasteiger partial charge in [0.25, 0.3) is 0 Å². The number of ether oxygens (including phenoxy) is 1. The van der Waals surface area contributed by atoms with Gasteiger partial charge in [-0.1, -0.05) is 0 Å². The molecule has 3 aromatic heterocycles. The smallest absolute Gasteiger partial charge is 0.230 e. The Bertz CT molecular complexity index is 951. The Kier molecular flexibility index (Phi) is 5.82. The third-order valence-corrected chi connectivity index (χ3v) is 5.75. The molecule has 1 fully saturated rings. The summed E-state index contributed by atoms with van der Waals surface area (Å²) in [5.41, 5.74) is 1.60. The van der Waals surface area contributed by atoms with E-state index in [4.69, 9.17) is 4.74 Å². The summed E-state index contributed by atoms with van der Waals surface area (Å²) >= 11 is 1.66. The van der Waals surface area contributed by atoms with Gasteiger partial charge in [-0.3, -0.25) is 14.8 Å². The lowest BCUT2D eigenvalue weighted by atomic mass is 10.2. The minimum atomic E-state index is -0.0816. The Hall–Kier alpha value is -2.84. The van der Waals surface area contributed by atoms with Crippen LogP contribution in [0.1, 0.15) is 18.7 Å². The zero-order chi connectivity index (χ0) is 20.2. The maximum Gasteiger partial charge on any atom is 0.230 e. The van der Waals surface area contributed by atoms with Gasteiger partial charge in [-0.2, -0.15) is 0 Å². The number of pyridine rings is 1. The summed E-state index contributed by atoms with van der Waals surface area (Å²) in [4.78, 5) is 28.4. The Morgan fingerprint density at radius 2 is 1.97 bits per heavy atom. The van der Waals surface area contributed by atoms with Gasteiger partial charge in [-0.05, 0) is 38.1 Å². The van der Waals surface area contributed by atoms with Gasteiger partial charge in [0.05, 0.1) is 35.5 Å². The monoisotopic (exact) mass is 409 g/mol. The molecular weight excluding hydrogens is 386 g/mol. The molecule has 1 amide bonds. The first-order valence-corrected chi connectivity index (χ1v) is 10.4. The number of morpholine rings is 1. The summed E-state index contributed by atoms with van der Waals surface area (Å²) in [7, 11) is 0. The summed E-state index contributed by atoms with van der Waals surface area (Å²) in [5.74, 6) is 0.442. The highest BCUT2D eigenvalue weighted by Gasteiger charge is 2.23. The number of hydrogen-bond acceptors (Lipinski definition) is 7. The number of carbonyl (C=O) groups is 1. The van der Waals surface area contributed by atoms with Crippen LogP contribution in [-0.2, 0) is 16.0 Å². The van der Waals surface area contributed by atoms with Gasteiger partial charge in [0, 0.05) is 42.1 Å². The van der Waals surface area contributed by atoms with Crippen LogP contribution in [0.25, 0.3) is 11.3 Å². The third kappa shape index (κ3) is 4.96. The Morgan fingerprint density at radius 1 is 1.14 bits per heavy atom. The fraction of sp³-hybridized carbons (Fsp3) is 0.333. The van der Waals surface area contributed by atoms with Gasteiger partial charge in [0.2, 0.25) is 5.91 Å². The van der Waals surface area contributed by atoms with Crippen LogP contribution in [0.4, 0.5) is 10.8 Å². The van der Waals surface area contributed by atoms with Crippen LogP contribution in [-0.4, -0.2) is 46.2 Å². The average molecular weight is 410 g/mol. The molecule has 0 aromatic carbocycles. The van der Waals surface area contributed by atoms with Crippen LogP contribution in [0.3, 0.4) is 0 Å².